The summed E-state index contributed by atoms with van der Waals surface area (Å²) in [7, 11) is 0. The van der Waals surface area contributed by atoms with Crippen molar-refractivity contribution >= 4 is 34.1 Å². The molecule has 3 heterocycles. The van der Waals surface area contributed by atoms with Crippen molar-refractivity contribution in [2.45, 2.75) is 27.3 Å². The van der Waals surface area contributed by atoms with E-state index in [0.29, 0.717) is 0 Å². The van der Waals surface area contributed by atoms with Gasteiger partial charge in [0, 0.05) is 12.7 Å². The van der Waals surface area contributed by atoms with E-state index in [4.69, 9.17) is 16.6 Å². The summed E-state index contributed by atoms with van der Waals surface area (Å²) in [6.07, 6.45) is 1.81. The maximum absolute atomic E-state index is 6.06. The normalized spacial score (nSPS) is 12.2. The van der Waals surface area contributed by atoms with Crippen LogP contribution >= 0.6 is 22.9 Å². The SMILES string of the molecule is CC(C)(C)Cn1c(-c2ccc(Cl)s2)nc2cccnc21. The first kappa shape index (κ1) is 13.6. The van der Waals surface area contributed by atoms with Crippen LogP contribution in [0, 0.1) is 5.41 Å². The first-order chi connectivity index (χ1) is 9.44. The maximum atomic E-state index is 6.06. The molecule has 0 aliphatic carbocycles. The van der Waals surface area contributed by atoms with Crippen LogP contribution in [0.25, 0.3) is 21.9 Å². The number of halogens is 1. The van der Waals surface area contributed by atoms with Crippen LogP contribution in [-0.2, 0) is 6.54 Å². The van der Waals surface area contributed by atoms with E-state index in [0.717, 1.165) is 32.7 Å². The molecule has 3 aromatic rings. The molecule has 3 nitrogen and oxygen atoms in total. The van der Waals surface area contributed by atoms with Crippen LogP contribution in [0.1, 0.15) is 20.8 Å². The van der Waals surface area contributed by atoms with Crippen molar-refractivity contribution in [3.05, 3.63) is 34.8 Å². The molecule has 20 heavy (non-hydrogen) atoms. The van der Waals surface area contributed by atoms with Gasteiger partial charge in [-0.2, -0.15) is 0 Å². The third-order valence-electron chi connectivity index (χ3n) is 2.93. The van der Waals surface area contributed by atoms with E-state index in [9.17, 15) is 0 Å². The standard InChI is InChI=1S/C15H16ClN3S/c1-15(2,3)9-19-13-10(5-4-8-17-13)18-14(19)11-6-7-12(16)20-11/h4-8H,9H2,1-3H3. The second kappa shape index (κ2) is 4.86. The molecule has 0 spiro atoms. The Balaban J connectivity index is 2.22. The predicted molar refractivity (Wildman–Crippen MR) is 85.3 cm³/mol. The highest BCUT2D eigenvalue weighted by molar-refractivity contribution is 7.19. The number of rotatable bonds is 2. The lowest BCUT2D eigenvalue weighted by molar-refractivity contribution is 0.349. The Labute approximate surface area is 127 Å². The van der Waals surface area contributed by atoms with Gasteiger partial charge in [-0.1, -0.05) is 32.4 Å². The van der Waals surface area contributed by atoms with Gasteiger partial charge in [0.25, 0.3) is 0 Å². The minimum absolute atomic E-state index is 0.154. The molecule has 0 aliphatic rings. The third kappa shape index (κ3) is 2.58. The van der Waals surface area contributed by atoms with Crippen molar-refractivity contribution in [1.82, 2.24) is 14.5 Å². The molecule has 0 fully saturated rings. The van der Waals surface area contributed by atoms with Gasteiger partial charge in [0.2, 0.25) is 0 Å². The van der Waals surface area contributed by atoms with Crippen molar-refractivity contribution in [2.24, 2.45) is 5.41 Å². The number of nitrogens with zero attached hydrogens (tertiary/aromatic N) is 3. The minimum Gasteiger partial charge on any atom is -0.307 e. The van der Waals surface area contributed by atoms with E-state index in [1.807, 2.05) is 30.5 Å². The highest BCUT2D eigenvalue weighted by atomic mass is 35.5. The molecule has 3 aromatic heterocycles. The number of thiophene rings is 1. The largest absolute Gasteiger partial charge is 0.307 e. The van der Waals surface area contributed by atoms with Gasteiger partial charge in [0.15, 0.2) is 11.5 Å². The average molecular weight is 306 g/mol. The smallest absolute Gasteiger partial charge is 0.160 e. The fraction of sp³-hybridized carbons (Fsp3) is 0.333. The Bertz CT molecular complexity index is 752. The van der Waals surface area contributed by atoms with Crippen molar-refractivity contribution in [3.63, 3.8) is 0 Å². The van der Waals surface area contributed by atoms with E-state index in [2.05, 4.69) is 30.3 Å². The van der Waals surface area contributed by atoms with Crippen molar-refractivity contribution in [3.8, 4) is 10.7 Å². The zero-order valence-electron chi connectivity index (χ0n) is 11.7. The summed E-state index contributed by atoms with van der Waals surface area (Å²) < 4.78 is 2.97. The molecule has 0 radical (unpaired) electrons. The maximum Gasteiger partial charge on any atom is 0.160 e. The van der Waals surface area contributed by atoms with Gasteiger partial charge in [-0.3, -0.25) is 0 Å². The first-order valence-corrected chi connectivity index (χ1v) is 7.70. The molecular weight excluding hydrogens is 290 g/mol. The Morgan fingerprint density at radius 3 is 2.70 bits per heavy atom. The van der Waals surface area contributed by atoms with E-state index >= 15 is 0 Å². The average Bonchev–Trinajstić information content (AvgIpc) is 2.93. The molecule has 0 unspecified atom stereocenters. The number of fused-ring (bicyclic) bond motifs is 1. The second-order valence-electron chi connectivity index (χ2n) is 6.03. The van der Waals surface area contributed by atoms with Gasteiger partial charge in [-0.15, -0.1) is 11.3 Å². The third-order valence-corrected chi connectivity index (χ3v) is 4.16. The summed E-state index contributed by atoms with van der Waals surface area (Å²) in [5.41, 5.74) is 2.01. The highest BCUT2D eigenvalue weighted by Crippen LogP contribution is 2.33. The summed E-state index contributed by atoms with van der Waals surface area (Å²) in [6, 6.07) is 7.85. The lowest BCUT2D eigenvalue weighted by atomic mass is 9.97. The summed E-state index contributed by atoms with van der Waals surface area (Å²) in [5.74, 6) is 0.950. The molecule has 3 rings (SSSR count). The number of hydrogen-bond acceptors (Lipinski definition) is 3. The minimum atomic E-state index is 0.154. The zero-order valence-corrected chi connectivity index (χ0v) is 13.3. The monoisotopic (exact) mass is 305 g/mol. The van der Waals surface area contributed by atoms with Crippen LogP contribution in [0.3, 0.4) is 0 Å². The zero-order chi connectivity index (χ0) is 14.3. The Morgan fingerprint density at radius 1 is 1.25 bits per heavy atom. The summed E-state index contributed by atoms with van der Waals surface area (Å²) in [6.45, 7) is 7.51. The molecule has 0 N–H and O–H groups in total. The van der Waals surface area contributed by atoms with Crippen LogP contribution in [-0.4, -0.2) is 14.5 Å². The molecule has 0 aromatic carbocycles. The fourth-order valence-electron chi connectivity index (χ4n) is 2.21. The quantitative estimate of drug-likeness (QED) is 0.677. The highest BCUT2D eigenvalue weighted by Gasteiger charge is 2.20. The number of aromatic nitrogens is 3. The van der Waals surface area contributed by atoms with Gasteiger partial charge in [0.1, 0.15) is 5.52 Å². The van der Waals surface area contributed by atoms with E-state index in [-0.39, 0.29) is 5.41 Å². The topological polar surface area (TPSA) is 30.7 Å². The number of imidazole rings is 1. The van der Waals surface area contributed by atoms with Crippen molar-refractivity contribution in [1.29, 1.82) is 0 Å². The molecule has 0 amide bonds. The first-order valence-electron chi connectivity index (χ1n) is 6.51. The summed E-state index contributed by atoms with van der Waals surface area (Å²) in [5, 5.41) is 0. The second-order valence-corrected chi connectivity index (χ2v) is 7.75. The predicted octanol–water partition coefficient (Wildman–Crippen LogP) is 4.86. The van der Waals surface area contributed by atoms with Crippen molar-refractivity contribution < 1.29 is 0 Å². The molecule has 0 saturated heterocycles. The molecule has 0 atom stereocenters. The Hall–Kier alpha value is -1.39. The van der Waals surface area contributed by atoms with Crippen LogP contribution in [0.15, 0.2) is 30.5 Å². The number of pyridine rings is 1. The van der Waals surface area contributed by atoms with Gasteiger partial charge < -0.3 is 4.57 Å². The van der Waals surface area contributed by atoms with E-state index in [1.165, 1.54) is 0 Å². The summed E-state index contributed by atoms with van der Waals surface area (Å²) >= 11 is 7.61. The van der Waals surface area contributed by atoms with Gasteiger partial charge in [-0.25, -0.2) is 9.97 Å². The van der Waals surface area contributed by atoms with E-state index in [1.54, 1.807) is 11.3 Å². The van der Waals surface area contributed by atoms with E-state index < -0.39 is 0 Å². The summed E-state index contributed by atoms with van der Waals surface area (Å²) in [4.78, 5) is 10.3. The number of hydrogen-bond donors (Lipinski definition) is 0. The Kier molecular flexibility index (Phi) is 3.30. The van der Waals surface area contributed by atoms with Crippen LogP contribution in [0.5, 0.6) is 0 Å². The van der Waals surface area contributed by atoms with Crippen LogP contribution in [0.2, 0.25) is 4.34 Å². The fourth-order valence-corrected chi connectivity index (χ4v) is 3.25. The molecule has 104 valence electrons. The van der Waals surface area contributed by atoms with Gasteiger partial charge in [-0.05, 0) is 29.7 Å². The van der Waals surface area contributed by atoms with Crippen molar-refractivity contribution in [2.75, 3.05) is 0 Å². The van der Waals surface area contributed by atoms with Crippen LogP contribution in [0.4, 0.5) is 0 Å². The molecular formula is C15H16ClN3S. The lowest BCUT2D eigenvalue weighted by Crippen LogP contribution is -2.16. The molecule has 0 saturated carbocycles. The lowest BCUT2D eigenvalue weighted by Gasteiger charge is -2.20. The van der Waals surface area contributed by atoms with Crippen LogP contribution < -0.4 is 0 Å². The van der Waals surface area contributed by atoms with Gasteiger partial charge >= 0.3 is 0 Å². The van der Waals surface area contributed by atoms with Gasteiger partial charge in [0.05, 0.1) is 9.21 Å². The molecule has 5 heteroatoms. The Morgan fingerprint density at radius 2 is 2.05 bits per heavy atom. The molecule has 0 aliphatic heterocycles. The molecule has 0 bridgehead atoms.